The summed E-state index contributed by atoms with van der Waals surface area (Å²) in [4.78, 5) is 25.9. The van der Waals surface area contributed by atoms with Gasteiger partial charge in [0, 0.05) is 16.3 Å². The van der Waals surface area contributed by atoms with Crippen molar-refractivity contribution >= 4 is 37.7 Å². The fourth-order valence-electron chi connectivity index (χ4n) is 4.11. The summed E-state index contributed by atoms with van der Waals surface area (Å²) in [5.41, 5.74) is 1.13. The average molecular weight is 524 g/mol. The molecule has 1 aromatic heterocycles. The van der Waals surface area contributed by atoms with E-state index in [4.69, 9.17) is 13.9 Å². The molecule has 4 aromatic rings. The number of rotatable bonds is 9. The van der Waals surface area contributed by atoms with Gasteiger partial charge in [0.15, 0.2) is 0 Å². The Morgan fingerprint density at radius 1 is 1.00 bits per heavy atom. The summed E-state index contributed by atoms with van der Waals surface area (Å²) in [6.45, 7) is 5.49. The number of methoxy groups -OCH3 is 1. The lowest BCUT2D eigenvalue weighted by Gasteiger charge is -2.18. The van der Waals surface area contributed by atoms with Gasteiger partial charge in [-0.3, -0.25) is 0 Å². The summed E-state index contributed by atoms with van der Waals surface area (Å²) in [5.74, 6) is -0.0170. The Balaban J connectivity index is 1.66. The summed E-state index contributed by atoms with van der Waals surface area (Å²) in [6.07, 6.45) is 1.67. The van der Waals surface area contributed by atoms with Crippen molar-refractivity contribution in [1.29, 1.82) is 0 Å². The van der Waals surface area contributed by atoms with Crippen LogP contribution in [0.4, 0.5) is 0 Å². The van der Waals surface area contributed by atoms with E-state index in [1.807, 2.05) is 13.8 Å². The van der Waals surface area contributed by atoms with Gasteiger partial charge in [0.05, 0.1) is 17.4 Å². The number of hydrogen-bond acceptors (Lipinski definition) is 7. The molecule has 3 aromatic carbocycles. The van der Waals surface area contributed by atoms with E-state index >= 15 is 0 Å². The summed E-state index contributed by atoms with van der Waals surface area (Å²) >= 11 is 0. The number of nitrogens with one attached hydrogen (secondary N) is 1. The third kappa shape index (κ3) is 5.52. The maximum Gasteiger partial charge on any atom is 0.344 e. The molecule has 0 aliphatic carbocycles. The summed E-state index contributed by atoms with van der Waals surface area (Å²) < 4.78 is 44.8. The van der Waals surface area contributed by atoms with E-state index in [0.29, 0.717) is 39.5 Å². The monoisotopic (exact) mass is 523 g/mol. The molecular formula is C28H29NO7S. The largest absolute Gasteiger partial charge is 0.497 e. The number of hydrogen-bond donors (Lipinski definition) is 1. The molecule has 194 valence electrons. The molecule has 4 rings (SSSR count). The van der Waals surface area contributed by atoms with Crippen LogP contribution >= 0.6 is 0 Å². The number of esters is 1. The highest BCUT2D eigenvalue weighted by Gasteiger charge is 2.28. The van der Waals surface area contributed by atoms with E-state index in [9.17, 15) is 18.0 Å². The molecule has 1 heterocycles. The van der Waals surface area contributed by atoms with E-state index in [2.05, 4.69) is 4.72 Å². The minimum absolute atomic E-state index is 0.0690. The van der Waals surface area contributed by atoms with Crippen molar-refractivity contribution in [3.8, 4) is 11.5 Å². The summed E-state index contributed by atoms with van der Waals surface area (Å²) in [6, 6.07) is 13.8. The molecule has 0 radical (unpaired) electrons. The normalized spacial score (nSPS) is 12.5. The lowest BCUT2D eigenvalue weighted by molar-refractivity contribution is -0.136. The van der Waals surface area contributed by atoms with Gasteiger partial charge in [-0.2, -0.15) is 4.72 Å². The SMILES string of the molecule is CCCCC(NS(=O)(=O)c1ccc(C)cc1)C(=O)Oc1ccc2c(oc(=O)c3cc(OC)ccc32)c1C. The molecule has 0 aliphatic rings. The van der Waals surface area contributed by atoms with Crippen LogP contribution in [0.2, 0.25) is 0 Å². The maximum atomic E-state index is 13.2. The van der Waals surface area contributed by atoms with E-state index in [1.165, 1.54) is 19.2 Å². The Kier molecular flexibility index (Phi) is 7.65. The van der Waals surface area contributed by atoms with Crippen molar-refractivity contribution in [3.05, 3.63) is 76.1 Å². The first kappa shape index (κ1) is 26.4. The molecule has 0 saturated heterocycles. The zero-order valence-electron chi connectivity index (χ0n) is 21.2. The van der Waals surface area contributed by atoms with Crippen LogP contribution in [0.3, 0.4) is 0 Å². The predicted octanol–water partition coefficient (Wildman–Crippen LogP) is 5.01. The number of aryl methyl sites for hydroxylation is 2. The second kappa shape index (κ2) is 10.7. The molecule has 37 heavy (non-hydrogen) atoms. The number of benzene rings is 3. The van der Waals surface area contributed by atoms with Crippen LogP contribution in [-0.2, 0) is 14.8 Å². The quantitative estimate of drug-likeness (QED) is 0.142. The smallest absolute Gasteiger partial charge is 0.344 e. The van der Waals surface area contributed by atoms with Crippen LogP contribution in [0.25, 0.3) is 21.7 Å². The van der Waals surface area contributed by atoms with Gasteiger partial charge in [0.1, 0.15) is 23.1 Å². The van der Waals surface area contributed by atoms with Gasteiger partial charge < -0.3 is 13.9 Å². The van der Waals surface area contributed by atoms with Gasteiger partial charge in [-0.05, 0) is 62.7 Å². The Morgan fingerprint density at radius 2 is 1.70 bits per heavy atom. The van der Waals surface area contributed by atoms with Crippen molar-refractivity contribution in [2.75, 3.05) is 7.11 Å². The van der Waals surface area contributed by atoms with Crippen LogP contribution in [-0.4, -0.2) is 27.5 Å². The van der Waals surface area contributed by atoms with Crippen molar-refractivity contribution < 1.29 is 27.1 Å². The summed E-state index contributed by atoms with van der Waals surface area (Å²) in [7, 11) is -2.43. The van der Waals surface area contributed by atoms with E-state index in [1.54, 1.807) is 49.4 Å². The number of sulfonamides is 1. The zero-order chi connectivity index (χ0) is 26.7. The minimum atomic E-state index is -3.95. The fourth-order valence-corrected chi connectivity index (χ4v) is 5.33. The lowest BCUT2D eigenvalue weighted by atomic mass is 10.0. The molecule has 0 amide bonds. The number of carbonyl (C=O) groups excluding carboxylic acids is 1. The highest BCUT2D eigenvalue weighted by Crippen LogP contribution is 2.32. The molecule has 0 spiro atoms. The molecule has 0 fully saturated rings. The fraction of sp³-hybridized carbons (Fsp3) is 0.286. The Bertz CT molecular complexity index is 1620. The van der Waals surface area contributed by atoms with E-state index < -0.39 is 27.7 Å². The number of ether oxygens (including phenoxy) is 2. The standard InChI is InChI=1S/C28H29NO7S/c1-5-6-7-24(29-37(32,33)20-11-8-17(2)9-12-20)28(31)35-25-15-14-22-21-13-10-19(34-4)16-23(21)27(30)36-26(22)18(25)3/h8-16,24,29H,5-7H2,1-4H3. The van der Waals surface area contributed by atoms with E-state index in [-0.39, 0.29) is 17.1 Å². The van der Waals surface area contributed by atoms with Crippen molar-refractivity contribution in [1.82, 2.24) is 4.72 Å². The van der Waals surface area contributed by atoms with Gasteiger partial charge in [-0.1, -0.05) is 37.5 Å². The molecule has 1 N–H and O–H groups in total. The van der Waals surface area contributed by atoms with Crippen molar-refractivity contribution in [2.45, 2.75) is 51.0 Å². The average Bonchev–Trinajstić information content (AvgIpc) is 2.88. The second-order valence-corrected chi connectivity index (χ2v) is 10.6. The van der Waals surface area contributed by atoms with Crippen LogP contribution in [0, 0.1) is 13.8 Å². The number of carbonyl (C=O) groups is 1. The Morgan fingerprint density at radius 3 is 2.38 bits per heavy atom. The highest BCUT2D eigenvalue weighted by molar-refractivity contribution is 7.89. The van der Waals surface area contributed by atoms with Gasteiger partial charge >= 0.3 is 11.6 Å². The summed E-state index contributed by atoms with van der Waals surface area (Å²) in [5, 5.41) is 1.73. The highest BCUT2D eigenvalue weighted by atomic mass is 32.2. The molecule has 1 atom stereocenters. The molecular weight excluding hydrogens is 494 g/mol. The first-order valence-corrected chi connectivity index (χ1v) is 13.5. The zero-order valence-corrected chi connectivity index (χ0v) is 22.0. The van der Waals surface area contributed by atoms with Gasteiger partial charge in [0.25, 0.3) is 0 Å². The first-order valence-electron chi connectivity index (χ1n) is 12.0. The van der Waals surface area contributed by atoms with Crippen LogP contribution in [0.15, 0.2) is 68.7 Å². The minimum Gasteiger partial charge on any atom is -0.497 e. The molecule has 8 nitrogen and oxygen atoms in total. The molecule has 0 saturated carbocycles. The van der Waals surface area contributed by atoms with Crippen molar-refractivity contribution in [2.24, 2.45) is 0 Å². The van der Waals surface area contributed by atoms with Crippen LogP contribution in [0.5, 0.6) is 11.5 Å². The van der Waals surface area contributed by atoms with Crippen molar-refractivity contribution in [3.63, 3.8) is 0 Å². The second-order valence-electron chi connectivity index (χ2n) is 8.92. The topological polar surface area (TPSA) is 112 Å². The van der Waals surface area contributed by atoms with Gasteiger partial charge in [-0.25, -0.2) is 18.0 Å². The molecule has 0 aliphatic heterocycles. The maximum absolute atomic E-state index is 13.2. The molecule has 9 heteroatoms. The third-order valence-electron chi connectivity index (χ3n) is 6.26. The third-order valence-corrected chi connectivity index (χ3v) is 7.75. The number of unbranched alkanes of at least 4 members (excludes halogenated alkanes) is 1. The van der Waals surface area contributed by atoms with Gasteiger partial charge in [0.2, 0.25) is 10.0 Å². The van der Waals surface area contributed by atoms with Crippen LogP contribution < -0.4 is 19.8 Å². The lowest BCUT2D eigenvalue weighted by Crippen LogP contribution is -2.43. The predicted molar refractivity (Wildman–Crippen MR) is 142 cm³/mol. The molecule has 0 bridgehead atoms. The van der Waals surface area contributed by atoms with Crippen LogP contribution in [0.1, 0.15) is 37.3 Å². The Hall–Kier alpha value is -3.69. The van der Waals surface area contributed by atoms with E-state index in [0.717, 1.165) is 12.0 Å². The van der Waals surface area contributed by atoms with Gasteiger partial charge in [-0.15, -0.1) is 0 Å². The Labute approximate surface area is 215 Å². The first-order chi connectivity index (χ1) is 17.6. The molecule has 1 unspecified atom stereocenters. The number of fused-ring (bicyclic) bond motifs is 3.